The third-order valence-electron chi connectivity index (χ3n) is 3.14. The molecule has 0 radical (unpaired) electrons. The van der Waals surface area contributed by atoms with E-state index in [0.29, 0.717) is 5.56 Å². The molecule has 100 valence electrons. The monoisotopic (exact) mass is 339 g/mol. The Morgan fingerprint density at radius 3 is 2.47 bits per heavy atom. The first-order chi connectivity index (χ1) is 8.93. The zero-order chi connectivity index (χ0) is 14.2. The van der Waals surface area contributed by atoms with Crippen molar-refractivity contribution in [3.63, 3.8) is 0 Å². The summed E-state index contributed by atoms with van der Waals surface area (Å²) in [7, 11) is 0. The molecule has 0 spiro atoms. The van der Waals surface area contributed by atoms with Crippen molar-refractivity contribution in [1.82, 2.24) is 4.57 Å². The largest absolute Gasteiger partial charge is 0.318 e. The maximum absolute atomic E-state index is 11.8. The van der Waals surface area contributed by atoms with Gasteiger partial charge in [0, 0.05) is 27.1 Å². The fourth-order valence-electron chi connectivity index (χ4n) is 2.36. The van der Waals surface area contributed by atoms with Crippen LogP contribution in [0.4, 0.5) is 0 Å². The van der Waals surface area contributed by atoms with Gasteiger partial charge in [0.05, 0.1) is 5.88 Å². The summed E-state index contributed by atoms with van der Waals surface area (Å²) in [6.07, 6.45) is 0. The molecule has 0 fully saturated rings. The first-order valence-electron chi connectivity index (χ1n) is 5.99. The van der Waals surface area contributed by atoms with Gasteiger partial charge >= 0.3 is 0 Å². The van der Waals surface area contributed by atoms with E-state index in [1.165, 1.54) is 5.56 Å². The Hall–Kier alpha value is -1.06. The van der Waals surface area contributed by atoms with Crippen molar-refractivity contribution in [2.24, 2.45) is 0 Å². The molecule has 0 bridgehead atoms. The minimum Gasteiger partial charge on any atom is -0.318 e. The van der Waals surface area contributed by atoms with Crippen LogP contribution in [0.1, 0.15) is 27.3 Å². The Labute approximate surface area is 126 Å². The van der Waals surface area contributed by atoms with Gasteiger partial charge in [-0.15, -0.1) is 11.6 Å². The number of benzene rings is 1. The van der Waals surface area contributed by atoms with E-state index in [2.05, 4.69) is 32.6 Å². The normalized spacial score (nSPS) is 10.8. The predicted octanol–water partition coefficient (Wildman–Crippen LogP) is 4.59. The van der Waals surface area contributed by atoms with Crippen LogP contribution in [0.15, 0.2) is 28.7 Å². The highest BCUT2D eigenvalue weighted by Crippen LogP contribution is 2.25. The lowest BCUT2D eigenvalue weighted by Crippen LogP contribution is -2.04. The van der Waals surface area contributed by atoms with Gasteiger partial charge in [-0.25, -0.2) is 0 Å². The molecule has 2 nitrogen and oxygen atoms in total. The molecule has 0 aliphatic rings. The summed E-state index contributed by atoms with van der Waals surface area (Å²) >= 11 is 9.16. The van der Waals surface area contributed by atoms with Gasteiger partial charge in [-0.05, 0) is 50.6 Å². The average molecular weight is 341 g/mol. The minimum absolute atomic E-state index is 0.0157. The Bertz CT molecular complexity index is 626. The lowest BCUT2D eigenvalue weighted by atomic mass is 10.2. The Morgan fingerprint density at radius 1 is 1.21 bits per heavy atom. The first-order valence-corrected chi connectivity index (χ1v) is 7.32. The molecule has 0 atom stereocenters. The summed E-state index contributed by atoms with van der Waals surface area (Å²) in [6, 6.07) is 8.10. The summed E-state index contributed by atoms with van der Waals surface area (Å²) in [4.78, 5) is 11.8. The van der Waals surface area contributed by atoms with Gasteiger partial charge in [-0.2, -0.15) is 0 Å². The standard InChI is InChI=1S/C15H15BrClNO/c1-9-4-12(16)7-13(5-9)18-10(2)6-14(11(18)3)15(19)8-17/h4-7H,8H2,1-3H3. The lowest BCUT2D eigenvalue weighted by Gasteiger charge is -2.11. The van der Waals surface area contributed by atoms with Crippen LogP contribution in [0.3, 0.4) is 0 Å². The fraction of sp³-hybridized carbons (Fsp3) is 0.267. The lowest BCUT2D eigenvalue weighted by molar-refractivity contribution is 0.102. The van der Waals surface area contributed by atoms with E-state index in [-0.39, 0.29) is 11.7 Å². The SMILES string of the molecule is Cc1cc(Br)cc(-n2c(C)cc(C(=O)CCl)c2C)c1. The molecule has 0 amide bonds. The van der Waals surface area contributed by atoms with E-state index >= 15 is 0 Å². The number of Topliss-reactive ketones (excluding diaryl/α,β-unsaturated/α-hetero) is 1. The molecule has 1 heterocycles. The van der Waals surface area contributed by atoms with E-state index in [0.717, 1.165) is 21.5 Å². The molecule has 1 aromatic heterocycles. The topological polar surface area (TPSA) is 22.0 Å². The van der Waals surface area contributed by atoms with E-state index in [9.17, 15) is 4.79 Å². The highest BCUT2D eigenvalue weighted by Gasteiger charge is 2.16. The molecule has 0 N–H and O–H groups in total. The number of hydrogen-bond donors (Lipinski definition) is 0. The second-order valence-electron chi connectivity index (χ2n) is 4.66. The summed E-state index contributed by atoms with van der Waals surface area (Å²) in [5, 5.41) is 0. The second-order valence-corrected chi connectivity index (χ2v) is 5.85. The maximum atomic E-state index is 11.8. The predicted molar refractivity (Wildman–Crippen MR) is 82.7 cm³/mol. The molecule has 0 saturated heterocycles. The number of nitrogens with zero attached hydrogens (tertiary/aromatic N) is 1. The molecule has 0 aliphatic heterocycles. The second kappa shape index (κ2) is 5.51. The molecule has 19 heavy (non-hydrogen) atoms. The number of aromatic nitrogens is 1. The van der Waals surface area contributed by atoms with Crippen molar-refractivity contribution in [3.05, 3.63) is 51.3 Å². The van der Waals surface area contributed by atoms with Crippen LogP contribution in [-0.4, -0.2) is 16.2 Å². The van der Waals surface area contributed by atoms with Crippen LogP contribution in [0.25, 0.3) is 5.69 Å². The number of rotatable bonds is 3. The van der Waals surface area contributed by atoms with Gasteiger partial charge in [0.25, 0.3) is 0 Å². The molecule has 4 heteroatoms. The van der Waals surface area contributed by atoms with Crippen LogP contribution in [-0.2, 0) is 0 Å². The van der Waals surface area contributed by atoms with Gasteiger partial charge in [-0.3, -0.25) is 4.79 Å². The third-order valence-corrected chi connectivity index (χ3v) is 3.84. The Kier molecular flexibility index (Phi) is 4.16. The summed E-state index contributed by atoms with van der Waals surface area (Å²) in [5.41, 5.74) is 4.88. The zero-order valence-electron chi connectivity index (χ0n) is 11.1. The smallest absolute Gasteiger partial charge is 0.179 e. The minimum atomic E-state index is -0.0345. The molecule has 0 aliphatic carbocycles. The number of ketones is 1. The average Bonchev–Trinajstić information content (AvgIpc) is 2.62. The maximum Gasteiger partial charge on any atom is 0.179 e. The van der Waals surface area contributed by atoms with Gasteiger partial charge in [-0.1, -0.05) is 15.9 Å². The fourth-order valence-corrected chi connectivity index (χ4v) is 3.10. The van der Waals surface area contributed by atoms with Crippen molar-refractivity contribution in [2.45, 2.75) is 20.8 Å². The molecular weight excluding hydrogens is 326 g/mol. The highest BCUT2D eigenvalue weighted by molar-refractivity contribution is 9.10. The van der Waals surface area contributed by atoms with E-state index in [1.54, 1.807) is 0 Å². The van der Waals surface area contributed by atoms with Crippen molar-refractivity contribution in [1.29, 1.82) is 0 Å². The van der Waals surface area contributed by atoms with Gasteiger partial charge < -0.3 is 4.57 Å². The third kappa shape index (κ3) is 2.77. The van der Waals surface area contributed by atoms with E-state index in [1.807, 2.05) is 32.9 Å². The summed E-state index contributed by atoms with van der Waals surface area (Å²) in [5.74, 6) is -0.0188. The number of aryl methyl sites for hydroxylation is 2. The molecule has 0 saturated carbocycles. The molecule has 0 unspecified atom stereocenters. The highest BCUT2D eigenvalue weighted by atomic mass is 79.9. The number of alkyl halides is 1. The molecular formula is C15H15BrClNO. The van der Waals surface area contributed by atoms with E-state index < -0.39 is 0 Å². The van der Waals surface area contributed by atoms with Crippen molar-refractivity contribution in [3.8, 4) is 5.69 Å². The molecule has 1 aromatic carbocycles. The van der Waals surface area contributed by atoms with Crippen LogP contribution in [0, 0.1) is 20.8 Å². The van der Waals surface area contributed by atoms with Gasteiger partial charge in [0.1, 0.15) is 0 Å². The Balaban J connectivity index is 2.62. The molecule has 2 rings (SSSR count). The van der Waals surface area contributed by atoms with Gasteiger partial charge in [0.15, 0.2) is 5.78 Å². The Morgan fingerprint density at radius 2 is 1.89 bits per heavy atom. The van der Waals surface area contributed by atoms with Crippen LogP contribution in [0.2, 0.25) is 0 Å². The number of carbonyl (C=O) groups is 1. The summed E-state index contributed by atoms with van der Waals surface area (Å²) in [6.45, 7) is 5.99. The van der Waals surface area contributed by atoms with Crippen molar-refractivity contribution < 1.29 is 4.79 Å². The number of carbonyl (C=O) groups excluding carboxylic acids is 1. The number of halogens is 2. The summed E-state index contributed by atoms with van der Waals surface area (Å²) < 4.78 is 3.11. The van der Waals surface area contributed by atoms with Gasteiger partial charge in [0.2, 0.25) is 0 Å². The van der Waals surface area contributed by atoms with Crippen LogP contribution in [0.5, 0.6) is 0 Å². The first kappa shape index (κ1) is 14.4. The van der Waals surface area contributed by atoms with E-state index in [4.69, 9.17) is 11.6 Å². The quantitative estimate of drug-likeness (QED) is 0.592. The van der Waals surface area contributed by atoms with Crippen LogP contribution >= 0.6 is 27.5 Å². The van der Waals surface area contributed by atoms with Crippen LogP contribution < -0.4 is 0 Å². The zero-order valence-corrected chi connectivity index (χ0v) is 13.5. The molecule has 2 aromatic rings. The van der Waals surface area contributed by atoms with Crippen molar-refractivity contribution >= 4 is 33.3 Å². The number of hydrogen-bond acceptors (Lipinski definition) is 1. The van der Waals surface area contributed by atoms with Crippen molar-refractivity contribution in [2.75, 3.05) is 5.88 Å².